The average Bonchev–Trinajstić information content (AvgIpc) is 2.79. The Kier molecular flexibility index (Phi) is 8.55. The molecule has 0 bridgehead atoms. The van der Waals surface area contributed by atoms with Gasteiger partial charge in [0.25, 0.3) is 5.69 Å². The predicted molar refractivity (Wildman–Crippen MR) is 128 cm³/mol. The van der Waals surface area contributed by atoms with Gasteiger partial charge in [-0.3, -0.25) is 20.2 Å². The summed E-state index contributed by atoms with van der Waals surface area (Å²) in [7, 11) is 3.48. The summed E-state index contributed by atoms with van der Waals surface area (Å²) in [5, 5.41) is 39.1. The highest BCUT2D eigenvalue weighted by Crippen LogP contribution is 2.33. The van der Waals surface area contributed by atoms with Gasteiger partial charge in [-0.15, -0.1) is 12.4 Å². The van der Waals surface area contributed by atoms with Crippen molar-refractivity contribution in [3.8, 4) is 5.75 Å². The van der Waals surface area contributed by atoms with Gasteiger partial charge < -0.3 is 15.3 Å². The number of aromatic hydroxyl groups is 1. The Labute approximate surface area is 199 Å². The van der Waals surface area contributed by atoms with Crippen molar-refractivity contribution in [2.75, 3.05) is 29.7 Å². The number of hydrogen-bond donors (Lipinski definition) is 3. The fraction of sp³-hybridized carbons (Fsp3) is 0.158. The van der Waals surface area contributed by atoms with Gasteiger partial charge in [-0.2, -0.15) is 20.1 Å². The van der Waals surface area contributed by atoms with Crippen LogP contribution in [-0.2, 0) is 6.54 Å². The summed E-state index contributed by atoms with van der Waals surface area (Å²) in [6, 6.07) is 11.2. The number of nitrogens with one attached hydrogen (secondary N) is 2. The number of nitro groups is 2. The zero-order valence-electron chi connectivity index (χ0n) is 17.9. The maximum atomic E-state index is 11.1. The van der Waals surface area contributed by atoms with E-state index in [0.717, 1.165) is 17.8 Å². The minimum absolute atomic E-state index is 0. The van der Waals surface area contributed by atoms with E-state index in [0.29, 0.717) is 18.6 Å². The SMILES string of the molecule is CN(C)c1nc(NCc2ccccc2)nc(N/N=C/c2cc([N+](=O)[O-])cc([N+](=O)[O-])c2O)n1.Cl. The van der Waals surface area contributed by atoms with Crippen LogP contribution >= 0.6 is 12.4 Å². The Morgan fingerprint density at radius 2 is 1.74 bits per heavy atom. The topological polar surface area (TPSA) is 185 Å². The van der Waals surface area contributed by atoms with Crippen LogP contribution in [0.4, 0.5) is 29.2 Å². The van der Waals surface area contributed by atoms with Crippen LogP contribution in [0.25, 0.3) is 0 Å². The molecule has 0 atom stereocenters. The molecule has 0 amide bonds. The molecule has 0 saturated heterocycles. The second kappa shape index (κ2) is 11.3. The monoisotopic (exact) mass is 489 g/mol. The van der Waals surface area contributed by atoms with Gasteiger partial charge in [0.05, 0.1) is 27.7 Å². The zero-order valence-corrected chi connectivity index (χ0v) is 18.8. The third-order valence-corrected chi connectivity index (χ3v) is 4.20. The maximum Gasteiger partial charge on any atom is 0.318 e. The normalized spacial score (nSPS) is 10.4. The van der Waals surface area contributed by atoms with E-state index < -0.39 is 27.0 Å². The molecular formula is C19H20ClN9O5. The van der Waals surface area contributed by atoms with Crippen molar-refractivity contribution < 1.29 is 15.0 Å². The molecule has 1 heterocycles. The van der Waals surface area contributed by atoms with Crippen molar-refractivity contribution >= 4 is 47.8 Å². The van der Waals surface area contributed by atoms with Crippen molar-refractivity contribution in [3.63, 3.8) is 0 Å². The third-order valence-electron chi connectivity index (χ3n) is 4.20. The van der Waals surface area contributed by atoms with Crippen molar-refractivity contribution in [1.29, 1.82) is 0 Å². The van der Waals surface area contributed by atoms with Crippen LogP contribution in [0.1, 0.15) is 11.1 Å². The second-order valence-corrected chi connectivity index (χ2v) is 6.80. The van der Waals surface area contributed by atoms with Crippen LogP contribution in [-0.4, -0.2) is 50.2 Å². The first-order valence-corrected chi connectivity index (χ1v) is 9.40. The highest BCUT2D eigenvalue weighted by molar-refractivity contribution is 5.87. The van der Waals surface area contributed by atoms with Crippen LogP contribution in [0.5, 0.6) is 5.75 Å². The molecule has 0 saturated carbocycles. The number of nitrogens with zero attached hydrogens (tertiary/aromatic N) is 7. The second-order valence-electron chi connectivity index (χ2n) is 6.80. The van der Waals surface area contributed by atoms with Gasteiger partial charge in [-0.25, -0.2) is 5.43 Å². The van der Waals surface area contributed by atoms with Crippen molar-refractivity contribution in [3.05, 3.63) is 73.8 Å². The Hall–Kier alpha value is -4.59. The van der Waals surface area contributed by atoms with Gasteiger partial charge in [0, 0.05) is 26.7 Å². The lowest BCUT2D eigenvalue weighted by Crippen LogP contribution is -2.16. The number of benzene rings is 2. The number of hydrogen-bond acceptors (Lipinski definition) is 12. The molecule has 0 aliphatic heterocycles. The third kappa shape index (κ3) is 6.46. The molecule has 0 unspecified atom stereocenters. The van der Waals surface area contributed by atoms with E-state index in [2.05, 4.69) is 30.8 Å². The van der Waals surface area contributed by atoms with Crippen LogP contribution in [0.15, 0.2) is 47.6 Å². The van der Waals surface area contributed by atoms with Crippen LogP contribution in [0.3, 0.4) is 0 Å². The molecule has 2 aromatic carbocycles. The Bertz CT molecular complexity index is 1210. The van der Waals surface area contributed by atoms with E-state index in [-0.39, 0.29) is 29.9 Å². The molecule has 0 spiro atoms. The Balaban J connectivity index is 0.00000408. The summed E-state index contributed by atoms with van der Waals surface area (Å²) in [4.78, 5) is 34.7. The number of aromatic nitrogens is 3. The first kappa shape index (κ1) is 25.7. The summed E-state index contributed by atoms with van der Waals surface area (Å²) >= 11 is 0. The van der Waals surface area contributed by atoms with Crippen molar-refractivity contribution in [2.45, 2.75) is 6.54 Å². The van der Waals surface area contributed by atoms with Crippen LogP contribution in [0, 0.1) is 20.2 Å². The molecule has 3 N–H and O–H groups in total. The first-order chi connectivity index (χ1) is 15.7. The molecule has 14 nitrogen and oxygen atoms in total. The molecule has 3 rings (SSSR count). The van der Waals surface area contributed by atoms with Gasteiger partial charge in [0.2, 0.25) is 23.6 Å². The summed E-state index contributed by atoms with van der Waals surface area (Å²) < 4.78 is 0. The number of non-ortho nitro benzene ring substituents is 1. The van der Waals surface area contributed by atoms with Gasteiger partial charge in [0.1, 0.15) is 0 Å². The Morgan fingerprint density at radius 3 is 2.35 bits per heavy atom. The number of rotatable bonds is 9. The number of phenols is 1. The maximum absolute atomic E-state index is 11.1. The smallest absolute Gasteiger partial charge is 0.318 e. The number of nitro benzene ring substituents is 2. The van der Waals surface area contributed by atoms with E-state index in [1.165, 1.54) is 0 Å². The van der Waals surface area contributed by atoms with E-state index in [9.17, 15) is 25.3 Å². The van der Waals surface area contributed by atoms with Gasteiger partial charge in [-0.1, -0.05) is 30.3 Å². The fourth-order valence-electron chi connectivity index (χ4n) is 2.60. The summed E-state index contributed by atoms with van der Waals surface area (Å²) in [6.07, 6.45) is 0.992. The highest BCUT2D eigenvalue weighted by atomic mass is 35.5. The number of hydrazone groups is 1. The zero-order chi connectivity index (χ0) is 24.0. The standard InChI is InChI=1S/C19H19N9O5.ClH/c1-26(2)19-23-17(20-10-12-6-4-3-5-7-12)22-18(24-19)25-21-11-13-8-14(27(30)31)9-15(16(13)29)28(32)33;/h3-9,11,29H,10H2,1-2H3,(H2,20,22,23,24,25);1H/b21-11+;. The lowest BCUT2D eigenvalue weighted by atomic mass is 10.1. The molecule has 0 aliphatic rings. The Morgan fingerprint density at radius 1 is 1.06 bits per heavy atom. The highest BCUT2D eigenvalue weighted by Gasteiger charge is 2.23. The van der Waals surface area contributed by atoms with Crippen LogP contribution in [0.2, 0.25) is 0 Å². The van der Waals surface area contributed by atoms with Gasteiger partial charge >= 0.3 is 5.69 Å². The van der Waals surface area contributed by atoms with Gasteiger partial charge in [0.15, 0.2) is 0 Å². The molecule has 15 heteroatoms. The van der Waals surface area contributed by atoms with Crippen molar-refractivity contribution in [2.24, 2.45) is 5.10 Å². The number of anilines is 3. The van der Waals surface area contributed by atoms with Crippen LogP contribution < -0.4 is 15.6 Å². The summed E-state index contributed by atoms with van der Waals surface area (Å²) in [6.45, 7) is 0.464. The average molecular weight is 490 g/mol. The van der Waals surface area contributed by atoms with Crippen molar-refractivity contribution in [1.82, 2.24) is 15.0 Å². The summed E-state index contributed by atoms with van der Waals surface area (Å²) in [5.41, 5.74) is 1.95. The molecule has 1 aromatic heterocycles. The van der Waals surface area contributed by atoms with Gasteiger partial charge in [-0.05, 0) is 5.56 Å². The number of phenolic OH excluding ortho intramolecular Hbond substituents is 1. The lowest BCUT2D eigenvalue weighted by Gasteiger charge is -2.13. The quantitative estimate of drug-likeness (QED) is 0.228. The molecule has 0 radical (unpaired) electrons. The minimum Gasteiger partial charge on any atom is -0.502 e. The summed E-state index contributed by atoms with van der Waals surface area (Å²) in [5.74, 6) is -0.123. The lowest BCUT2D eigenvalue weighted by molar-refractivity contribution is -0.394. The molecule has 0 fully saturated rings. The van der Waals surface area contributed by atoms with E-state index >= 15 is 0 Å². The first-order valence-electron chi connectivity index (χ1n) is 9.40. The molecule has 3 aromatic rings. The predicted octanol–water partition coefficient (Wildman–Crippen LogP) is 2.94. The minimum atomic E-state index is -0.923. The molecule has 34 heavy (non-hydrogen) atoms. The molecule has 178 valence electrons. The largest absolute Gasteiger partial charge is 0.502 e. The molecular weight excluding hydrogens is 470 g/mol. The number of halogens is 1. The molecule has 0 aliphatic carbocycles. The van der Waals surface area contributed by atoms with E-state index in [1.54, 1.807) is 19.0 Å². The van der Waals surface area contributed by atoms with E-state index in [4.69, 9.17) is 0 Å². The fourth-order valence-corrected chi connectivity index (χ4v) is 2.60. The van der Waals surface area contributed by atoms with E-state index in [1.807, 2.05) is 30.3 Å².